The monoisotopic (exact) mass is 334 g/mol. The number of hydrogen-bond acceptors (Lipinski definition) is 4. The van der Waals surface area contributed by atoms with Crippen LogP contribution in [-0.4, -0.2) is 61.1 Å². The smallest absolute Gasteiger partial charge is 0.255 e. The molecule has 0 radical (unpaired) electrons. The fourth-order valence-electron chi connectivity index (χ4n) is 4.34. The molecule has 0 aromatic carbocycles. The molecule has 5 heteroatoms. The van der Waals surface area contributed by atoms with Gasteiger partial charge in [-0.15, -0.1) is 11.3 Å². The number of rotatable bonds is 2. The van der Waals surface area contributed by atoms with Crippen molar-refractivity contribution in [2.24, 2.45) is 5.92 Å². The minimum Gasteiger partial charge on any atom is -0.379 e. The van der Waals surface area contributed by atoms with Crippen LogP contribution in [0.5, 0.6) is 0 Å². The fourth-order valence-corrected chi connectivity index (χ4v) is 5.46. The van der Waals surface area contributed by atoms with Gasteiger partial charge in [-0.2, -0.15) is 0 Å². The summed E-state index contributed by atoms with van der Waals surface area (Å²) in [4.78, 5) is 19.1. The van der Waals surface area contributed by atoms with Gasteiger partial charge in [-0.25, -0.2) is 0 Å². The summed E-state index contributed by atoms with van der Waals surface area (Å²) in [6, 6.07) is 0.498. The van der Waals surface area contributed by atoms with E-state index in [1.165, 1.54) is 29.7 Å². The first kappa shape index (κ1) is 15.6. The predicted octanol–water partition coefficient (Wildman–Crippen LogP) is 2.42. The third kappa shape index (κ3) is 2.94. The fraction of sp³-hybridized carbons (Fsp3) is 0.722. The number of nitrogens with zero attached hydrogens (tertiary/aromatic N) is 2. The second-order valence-corrected chi connectivity index (χ2v) is 8.13. The van der Waals surface area contributed by atoms with Crippen molar-refractivity contribution in [3.05, 3.63) is 21.4 Å². The van der Waals surface area contributed by atoms with Crippen LogP contribution in [0.4, 0.5) is 0 Å². The lowest BCUT2D eigenvalue weighted by molar-refractivity contribution is 0.0119. The van der Waals surface area contributed by atoms with Crippen LogP contribution >= 0.6 is 11.3 Å². The lowest BCUT2D eigenvalue weighted by Crippen LogP contribution is -2.47. The highest BCUT2D eigenvalue weighted by molar-refractivity contribution is 7.10. The molecular weight excluding hydrogens is 308 g/mol. The summed E-state index contributed by atoms with van der Waals surface area (Å²) in [5, 5.41) is 2.12. The van der Waals surface area contributed by atoms with Crippen LogP contribution < -0.4 is 0 Å². The number of thiophene rings is 1. The van der Waals surface area contributed by atoms with Crippen LogP contribution in [0, 0.1) is 5.92 Å². The van der Waals surface area contributed by atoms with Crippen LogP contribution in [0.15, 0.2) is 5.38 Å². The van der Waals surface area contributed by atoms with Gasteiger partial charge >= 0.3 is 0 Å². The number of ether oxygens (including phenoxy) is 1. The molecule has 0 spiro atoms. The molecule has 0 unspecified atom stereocenters. The largest absolute Gasteiger partial charge is 0.379 e. The van der Waals surface area contributed by atoms with Crippen molar-refractivity contribution in [3.8, 4) is 0 Å². The van der Waals surface area contributed by atoms with Crippen molar-refractivity contribution in [1.29, 1.82) is 0 Å². The maximum atomic E-state index is 13.0. The van der Waals surface area contributed by atoms with Gasteiger partial charge in [0.15, 0.2) is 0 Å². The third-order valence-corrected chi connectivity index (χ3v) is 6.75. The van der Waals surface area contributed by atoms with Gasteiger partial charge in [0.25, 0.3) is 5.91 Å². The van der Waals surface area contributed by atoms with Crippen molar-refractivity contribution in [1.82, 2.24) is 9.80 Å². The average molecular weight is 334 g/mol. The van der Waals surface area contributed by atoms with E-state index in [1.54, 1.807) is 11.3 Å². The van der Waals surface area contributed by atoms with E-state index in [4.69, 9.17) is 4.74 Å². The normalized spacial score (nSPS) is 28.8. The molecular formula is C18H26N2O2S. The Kier molecular flexibility index (Phi) is 4.43. The molecule has 3 aliphatic rings. The topological polar surface area (TPSA) is 32.8 Å². The highest BCUT2D eigenvalue weighted by Crippen LogP contribution is 2.32. The number of morpholine rings is 1. The minimum atomic E-state index is 0.270. The van der Waals surface area contributed by atoms with Gasteiger partial charge < -0.3 is 9.64 Å². The second-order valence-electron chi connectivity index (χ2n) is 7.16. The van der Waals surface area contributed by atoms with Gasteiger partial charge in [0.05, 0.1) is 18.8 Å². The molecule has 23 heavy (non-hydrogen) atoms. The molecule has 2 fully saturated rings. The Hall–Kier alpha value is -0.910. The van der Waals surface area contributed by atoms with E-state index in [1.807, 2.05) is 0 Å². The van der Waals surface area contributed by atoms with Gasteiger partial charge in [0, 0.05) is 42.5 Å². The Bertz CT molecular complexity index is 580. The van der Waals surface area contributed by atoms with Gasteiger partial charge in [-0.05, 0) is 37.2 Å². The Labute approximate surface area is 142 Å². The summed E-state index contributed by atoms with van der Waals surface area (Å²) in [7, 11) is 0. The standard InChI is InChI=1S/C18H26N2O2S/c1-13-10-20(11-16(13)19-6-8-22-9-7-19)18(21)15-12-23-17-5-3-2-4-14(15)17/h12-13,16H,2-11H2,1H3/t13-,16+/m1/s1. The quantitative estimate of drug-likeness (QED) is 0.833. The first-order valence-electron chi connectivity index (χ1n) is 8.94. The molecule has 4 rings (SSSR count). The summed E-state index contributed by atoms with van der Waals surface area (Å²) >= 11 is 1.79. The Morgan fingerprint density at radius 1 is 1.22 bits per heavy atom. The van der Waals surface area contributed by atoms with Crippen LogP contribution in [0.3, 0.4) is 0 Å². The number of amides is 1. The Balaban J connectivity index is 1.48. The van der Waals surface area contributed by atoms with Gasteiger partial charge in [-0.1, -0.05) is 6.92 Å². The SMILES string of the molecule is C[C@@H]1CN(C(=O)c2csc3c2CCCC3)C[C@@H]1N1CCOCC1. The highest BCUT2D eigenvalue weighted by Gasteiger charge is 2.37. The van der Waals surface area contributed by atoms with E-state index < -0.39 is 0 Å². The maximum absolute atomic E-state index is 13.0. The highest BCUT2D eigenvalue weighted by atomic mass is 32.1. The molecule has 0 saturated carbocycles. The van der Waals surface area contributed by atoms with Crippen molar-refractivity contribution in [2.75, 3.05) is 39.4 Å². The zero-order chi connectivity index (χ0) is 15.8. The van der Waals surface area contributed by atoms with E-state index in [0.717, 1.165) is 51.4 Å². The summed E-state index contributed by atoms with van der Waals surface area (Å²) in [5.74, 6) is 0.818. The second kappa shape index (κ2) is 6.54. The van der Waals surface area contributed by atoms with E-state index in [0.29, 0.717) is 12.0 Å². The molecule has 126 valence electrons. The van der Waals surface area contributed by atoms with Crippen LogP contribution in [0.1, 0.15) is 40.6 Å². The molecule has 4 nitrogen and oxygen atoms in total. The van der Waals surface area contributed by atoms with Crippen molar-refractivity contribution < 1.29 is 9.53 Å². The number of likely N-dealkylation sites (tertiary alicyclic amines) is 1. The number of carbonyl (C=O) groups excluding carboxylic acids is 1. The number of carbonyl (C=O) groups is 1. The minimum absolute atomic E-state index is 0.270. The molecule has 0 bridgehead atoms. The molecule has 1 aromatic rings. The molecule has 1 aromatic heterocycles. The average Bonchev–Trinajstić information content (AvgIpc) is 3.19. The Morgan fingerprint density at radius 2 is 2.00 bits per heavy atom. The molecule has 3 heterocycles. The lowest BCUT2D eigenvalue weighted by atomic mass is 9.95. The number of aryl methyl sites for hydroxylation is 1. The van der Waals surface area contributed by atoms with Gasteiger partial charge in [0.1, 0.15) is 0 Å². The zero-order valence-corrected chi connectivity index (χ0v) is 14.7. The third-order valence-electron chi connectivity index (χ3n) is 5.67. The summed E-state index contributed by atoms with van der Waals surface area (Å²) in [6.45, 7) is 7.73. The molecule has 1 aliphatic carbocycles. The molecule has 2 saturated heterocycles. The first-order chi connectivity index (χ1) is 11.2. The summed E-state index contributed by atoms with van der Waals surface area (Å²) in [6.07, 6.45) is 4.77. The lowest BCUT2D eigenvalue weighted by Gasteiger charge is -2.34. The number of hydrogen-bond donors (Lipinski definition) is 0. The van der Waals surface area contributed by atoms with Crippen LogP contribution in [-0.2, 0) is 17.6 Å². The number of fused-ring (bicyclic) bond motifs is 1. The Morgan fingerprint density at radius 3 is 2.83 bits per heavy atom. The molecule has 2 aliphatic heterocycles. The first-order valence-corrected chi connectivity index (χ1v) is 9.82. The zero-order valence-electron chi connectivity index (χ0n) is 13.9. The molecule has 2 atom stereocenters. The summed E-state index contributed by atoms with van der Waals surface area (Å²) in [5.41, 5.74) is 2.35. The molecule has 1 amide bonds. The predicted molar refractivity (Wildman–Crippen MR) is 92.2 cm³/mol. The van der Waals surface area contributed by atoms with Crippen LogP contribution in [0.2, 0.25) is 0 Å². The van der Waals surface area contributed by atoms with Crippen LogP contribution in [0.25, 0.3) is 0 Å². The van der Waals surface area contributed by atoms with Crippen molar-refractivity contribution in [2.45, 2.75) is 38.6 Å². The maximum Gasteiger partial charge on any atom is 0.255 e. The van der Waals surface area contributed by atoms with E-state index in [9.17, 15) is 4.79 Å². The van der Waals surface area contributed by atoms with Crippen molar-refractivity contribution >= 4 is 17.2 Å². The molecule has 0 N–H and O–H groups in total. The van der Waals surface area contributed by atoms with Gasteiger partial charge in [0.2, 0.25) is 0 Å². The van der Waals surface area contributed by atoms with Gasteiger partial charge in [-0.3, -0.25) is 9.69 Å². The van der Waals surface area contributed by atoms with Crippen molar-refractivity contribution in [3.63, 3.8) is 0 Å². The van der Waals surface area contributed by atoms with E-state index in [-0.39, 0.29) is 5.91 Å². The summed E-state index contributed by atoms with van der Waals surface area (Å²) < 4.78 is 5.47. The van der Waals surface area contributed by atoms with E-state index >= 15 is 0 Å². The van der Waals surface area contributed by atoms with E-state index in [2.05, 4.69) is 22.1 Å².